The first-order chi connectivity index (χ1) is 9.62. The van der Waals surface area contributed by atoms with Crippen LogP contribution in [0.3, 0.4) is 0 Å². The van der Waals surface area contributed by atoms with E-state index < -0.39 is 11.4 Å². The minimum Gasteiger partial charge on any atom is -0.481 e. The smallest absolute Gasteiger partial charge is 0.310 e. The number of nitrogens with zero attached hydrogens (tertiary/aromatic N) is 2. The summed E-state index contributed by atoms with van der Waals surface area (Å²) in [6, 6.07) is 0. The molecule has 110 valence electrons. The quantitative estimate of drug-likeness (QED) is 0.739. The van der Waals surface area contributed by atoms with Gasteiger partial charge >= 0.3 is 5.97 Å². The number of carboxylic acids is 1. The van der Waals surface area contributed by atoms with Gasteiger partial charge in [-0.3, -0.25) is 9.59 Å². The van der Waals surface area contributed by atoms with Crippen LogP contribution in [0, 0.1) is 5.41 Å². The molecule has 1 heterocycles. The van der Waals surface area contributed by atoms with E-state index in [0.717, 1.165) is 25.8 Å². The third-order valence-electron chi connectivity index (χ3n) is 3.99. The number of rotatable bonds is 7. The lowest BCUT2D eigenvalue weighted by atomic mass is 9.82. The first kappa shape index (κ1) is 14.6. The molecule has 0 aliphatic heterocycles. The number of imidazole rings is 1. The van der Waals surface area contributed by atoms with E-state index in [0.29, 0.717) is 19.4 Å². The summed E-state index contributed by atoms with van der Waals surface area (Å²) in [5, 5.41) is 12.1. The molecule has 2 rings (SSSR count). The molecule has 0 saturated heterocycles. The molecule has 20 heavy (non-hydrogen) atoms. The van der Waals surface area contributed by atoms with Gasteiger partial charge in [-0.05, 0) is 19.3 Å². The molecule has 0 aromatic carbocycles. The van der Waals surface area contributed by atoms with Crippen LogP contribution >= 0.6 is 0 Å². The van der Waals surface area contributed by atoms with Gasteiger partial charge < -0.3 is 15.0 Å². The minimum absolute atomic E-state index is 0.105. The van der Waals surface area contributed by atoms with Crippen molar-refractivity contribution in [2.75, 3.05) is 6.54 Å². The van der Waals surface area contributed by atoms with Crippen LogP contribution in [0.2, 0.25) is 0 Å². The van der Waals surface area contributed by atoms with Gasteiger partial charge in [-0.2, -0.15) is 0 Å². The molecular weight excluding hydrogens is 258 g/mol. The third kappa shape index (κ3) is 3.59. The maximum absolute atomic E-state index is 11.9. The van der Waals surface area contributed by atoms with Crippen molar-refractivity contribution in [2.45, 2.75) is 45.1 Å². The topological polar surface area (TPSA) is 84.2 Å². The highest BCUT2D eigenvalue weighted by Gasteiger charge is 2.42. The number of aromatic nitrogens is 2. The molecule has 1 aliphatic carbocycles. The van der Waals surface area contributed by atoms with Gasteiger partial charge in [0.05, 0.1) is 11.7 Å². The summed E-state index contributed by atoms with van der Waals surface area (Å²) in [7, 11) is 0. The lowest BCUT2D eigenvalue weighted by Crippen LogP contribution is -2.36. The Morgan fingerprint density at radius 2 is 2.10 bits per heavy atom. The van der Waals surface area contributed by atoms with E-state index >= 15 is 0 Å². The molecule has 0 radical (unpaired) electrons. The van der Waals surface area contributed by atoms with Crippen LogP contribution in [0.15, 0.2) is 18.7 Å². The zero-order valence-corrected chi connectivity index (χ0v) is 11.5. The summed E-state index contributed by atoms with van der Waals surface area (Å²) in [5.41, 5.74) is -0.825. The maximum atomic E-state index is 11.9. The molecule has 1 aromatic rings. The third-order valence-corrected chi connectivity index (χ3v) is 3.99. The van der Waals surface area contributed by atoms with Crippen LogP contribution in [0.1, 0.15) is 38.5 Å². The zero-order valence-electron chi connectivity index (χ0n) is 11.5. The molecule has 2 N–H and O–H groups in total. The maximum Gasteiger partial charge on any atom is 0.310 e. The summed E-state index contributed by atoms with van der Waals surface area (Å²) >= 11 is 0. The van der Waals surface area contributed by atoms with Crippen LogP contribution < -0.4 is 5.32 Å². The molecule has 0 unspecified atom stereocenters. The highest BCUT2D eigenvalue weighted by atomic mass is 16.4. The summed E-state index contributed by atoms with van der Waals surface area (Å²) in [4.78, 5) is 27.2. The molecule has 1 amide bonds. The predicted molar refractivity (Wildman–Crippen MR) is 73.0 cm³/mol. The van der Waals surface area contributed by atoms with Crippen molar-refractivity contribution < 1.29 is 14.7 Å². The van der Waals surface area contributed by atoms with E-state index in [2.05, 4.69) is 10.3 Å². The molecule has 0 bridgehead atoms. The Bertz CT molecular complexity index is 450. The Morgan fingerprint density at radius 3 is 2.70 bits per heavy atom. The van der Waals surface area contributed by atoms with Gasteiger partial charge in [0.15, 0.2) is 0 Å². The summed E-state index contributed by atoms with van der Waals surface area (Å²) < 4.78 is 1.95. The zero-order chi connectivity index (χ0) is 14.4. The number of carboxylic acid groups (broad SMARTS) is 1. The van der Waals surface area contributed by atoms with Crippen LogP contribution in [0.25, 0.3) is 0 Å². The number of amides is 1. The van der Waals surface area contributed by atoms with Crippen molar-refractivity contribution >= 4 is 11.9 Å². The van der Waals surface area contributed by atoms with Gasteiger partial charge in [-0.15, -0.1) is 0 Å². The SMILES string of the molecule is O=C(CC1(C(=O)O)CCCC1)NCCCn1ccnc1. The molecule has 1 aromatic heterocycles. The Balaban J connectivity index is 1.70. The van der Waals surface area contributed by atoms with E-state index in [9.17, 15) is 14.7 Å². The normalized spacial score (nSPS) is 17.0. The van der Waals surface area contributed by atoms with Crippen molar-refractivity contribution in [3.05, 3.63) is 18.7 Å². The average molecular weight is 279 g/mol. The molecule has 1 aliphatic rings. The largest absolute Gasteiger partial charge is 0.481 e. The van der Waals surface area contributed by atoms with Gasteiger partial charge in [-0.1, -0.05) is 12.8 Å². The number of aryl methyl sites for hydroxylation is 1. The fourth-order valence-electron chi connectivity index (χ4n) is 2.80. The molecule has 6 nitrogen and oxygen atoms in total. The highest BCUT2D eigenvalue weighted by molar-refractivity contribution is 5.85. The second-order valence-electron chi connectivity index (χ2n) is 5.47. The molecule has 1 saturated carbocycles. The number of hydrogen-bond donors (Lipinski definition) is 2. The monoisotopic (exact) mass is 279 g/mol. The first-order valence-electron chi connectivity index (χ1n) is 7.08. The Morgan fingerprint density at radius 1 is 1.35 bits per heavy atom. The van der Waals surface area contributed by atoms with E-state index in [1.807, 2.05) is 10.8 Å². The van der Waals surface area contributed by atoms with Crippen LogP contribution in [-0.4, -0.2) is 33.1 Å². The fraction of sp³-hybridized carbons (Fsp3) is 0.643. The molecule has 1 fully saturated rings. The second-order valence-corrected chi connectivity index (χ2v) is 5.47. The Hall–Kier alpha value is -1.85. The van der Waals surface area contributed by atoms with Gasteiger partial charge in [0.2, 0.25) is 5.91 Å². The molecule has 0 atom stereocenters. The van der Waals surface area contributed by atoms with Crippen molar-refractivity contribution in [1.82, 2.24) is 14.9 Å². The summed E-state index contributed by atoms with van der Waals surface area (Å²) in [6.07, 6.45) is 9.28. The Kier molecular flexibility index (Phi) is 4.76. The minimum atomic E-state index is -0.830. The average Bonchev–Trinajstić information content (AvgIpc) is 3.06. The number of carbonyl (C=O) groups excluding carboxylic acids is 1. The van der Waals surface area contributed by atoms with Gasteiger partial charge in [-0.25, -0.2) is 4.98 Å². The number of nitrogens with one attached hydrogen (secondary N) is 1. The molecule has 0 spiro atoms. The standard InChI is InChI=1S/C14H21N3O3/c18-12(10-14(13(19)20)4-1-2-5-14)16-6-3-8-17-9-7-15-11-17/h7,9,11H,1-6,8,10H2,(H,16,18)(H,19,20). The van der Waals surface area contributed by atoms with Gasteiger partial charge in [0.25, 0.3) is 0 Å². The van der Waals surface area contributed by atoms with E-state index in [1.165, 1.54) is 0 Å². The van der Waals surface area contributed by atoms with Gasteiger partial charge in [0, 0.05) is 31.9 Å². The summed E-state index contributed by atoms with van der Waals surface area (Å²) in [5.74, 6) is -0.983. The van der Waals surface area contributed by atoms with Crippen molar-refractivity contribution in [2.24, 2.45) is 5.41 Å². The lowest BCUT2D eigenvalue weighted by molar-refractivity contribution is -0.151. The first-order valence-corrected chi connectivity index (χ1v) is 7.08. The molecule has 6 heteroatoms. The predicted octanol–water partition coefficient (Wildman–Crippen LogP) is 1.42. The molecular formula is C14H21N3O3. The second kappa shape index (κ2) is 6.54. The van der Waals surface area contributed by atoms with Crippen LogP contribution in [-0.2, 0) is 16.1 Å². The Labute approximate surface area is 118 Å². The van der Waals surface area contributed by atoms with Crippen LogP contribution in [0.5, 0.6) is 0 Å². The summed E-state index contributed by atoms with van der Waals surface area (Å²) in [6.45, 7) is 1.36. The van der Waals surface area contributed by atoms with Crippen molar-refractivity contribution in [1.29, 1.82) is 0 Å². The van der Waals surface area contributed by atoms with Crippen LogP contribution in [0.4, 0.5) is 0 Å². The van der Waals surface area contributed by atoms with E-state index in [1.54, 1.807) is 12.5 Å². The van der Waals surface area contributed by atoms with Gasteiger partial charge in [0.1, 0.15) is 0 Å². The number of aliphatic carboxylic acids is 1. The highest BCUT2D eigenvalue weighted by Crippen LogP contribution is 2.41. The van der Waals surface area contributed by atoms with Crippen molar-refractivity contribution in [3.8, 4) is 0 Å². The number of hydrogen-bond acceptors (Lipinski definition) is 3. The lowest BCUT2D eigenvalue weighted by Gasteiger charge is -2.22. The number of carbonyl (C=O) groups is 2. The fourth-order valence-corrected chi connectivity index (χ4v) is 2.80. The van der Waals surface area contributed by atoms with E-state index in [-0.39, 0.29) is 12.3 Å². The van der Waals surface area contributed by atoms with E-state index in [4.69, 9.17) is 0 Å². The van der Waals surface area contributed by atoms with Crippen molar-refractivity contribution in [3.63, 3.8) is 0 Å².